The van der Waals surface area contributed by atoms with Gasteiger partial charge in [0.15, 0.2) is 23.0 Å². The number of hydrogen-bond acceptors (Lipinski definition) is 6. The minimum absolute atomic E-state index is 0.118. The molecule has 0 aliphatic carbocycles. The Kier molecular flexibility index (Phi) is 7.95. The summed E-state index contributed by atoms with van der Waals surface area (Å²) >= 11 is 0. The van der Waals surface area contributed by atoms with E-state index in [1.54, 1.807) is 38.2 Å². The third-order valence-electron chi connectivity index (χ3n) is 6.07. The lowest BCUT2D eigenvalue weighted by atomic mass is 10.1. The lowest BCUT2D eigenvalue weighted by Gasteiger charge is -2.29. The van der Waals surface area contributed by atoms with Gasteiger partial charge in [-0.2, -0.15) is 0 Å². The Morgan fingerprint density at radius 1 is 0.889 bits per heavy atom. The third kappa shape index (κ3) is 5.89. The van der Waals surface area contributed by atoms with Crippen LogP contribution in [0.4, 0.5) is 0 Å². The molecule has 4 rings (SSSR count). The second kappa shape index (κ2) is 11.5. The van der Waals surface area contributed by atoms with Crippen LogP contribution in [0.25, 0.3) is 0 Å². The number of hydrogen-bond donors (Lipinski definition) is 1. The normalized spacial score (nSPS) is 12.5. The zero-order valence-corrected chi connectivity index (χ0v) is 20.7. The topological polar surface area (TPSA) is 86.3 Å². The van der Waals surface area contributed by atoms with Crippen molar-refractivity contribution in [3.63, 3.8) is 0 Å². The van der Waals surface area contributed by atoms with Gasteiger partial charge in [0.1, 0.15) is 6.04 Å². The molecule has 188 valence electrons. The van der Waals surface area contributed by atoms with E-state index in [0.29, 0.717) is 36.1 Å². The zero-order valence-electron chi connectivity index (χ0n) is 20.7. The molecule has 1 aliphatic rings. The number of carbonyl (C=O) groups is 2. The van der Waals surface area contributed by atoms with E-state index in [0.717, 1.165) is 16.7 Å². The Morgan fingerprint density at radius 3 is 2.36 bits per heavy atom. The van der Waals surface area contributed by atoms with Gasteiger partial charge in [-0.25, -0.2) is 0 Å². The maximum absolute atomic E-state index is 13.5. The summed E-state index contributed by atoms with van der Waals surface area (Å²) in [5, 5.41) is 2.94. The first-order valence-electron chi connectivity index (χ1n) is 11.7. The fraction of sp³-hybridized carbons (Fsp3) is 0.286. The molecular formula is C28H30N2O6. The van der Waals surface area contributed by atoms with Gasteiger partial charge in [0, 0.05) is 13.1 Å². The van der Waals surface area contributed by atoms with E-state index in [1.807, 2.05) is 54.6 Å². The van der Waals surface area contributed by atoms with Gasteiger partial charge in [0.05, 0.1) is 20.6 Å². The van der Waals surface area contributed by atoms with Crippen molar-refractivity contribution in [2.45, 2.75) is 32.5 Å². The van der Waals surface area contributed by atoms with Gasteiger partial charge in [-0.1, -0.05) is 42.5 Å². The van der Waals surface area contributed by atoms with Crippen molar-refractivity contribution in [1.82, 2.24) is 10.2 Å². The zero-order chi connectivity index (χ0) is 25.5. The second-order valence-corrected chi connectivity index (χ2v) is 8.45. The molecule has 8 nitrogen and oxygen atoms in total. The van der Waals surface area contributed by atoms with Gasteiger partial charge < -0.3 is 29.2 Å². The Morgan fingerprint density at radius 2 is 1.61 bits per heavy atom. The van der Waals surface area contributed by atoms with Gasteiger partial charge in [0.2, 0.25) is 18.6 Å². The van der Waals surface area contributed by atoms with Gasteiger partial charge in [0.25, 0.3) is 0 Å². The highest BCUT2D eigenvalue weighted by Gasteiger charge is 2.26. The summed E-state index contributed by atoms with van der Waals surface area (Å²) in [5.74, 6) is 2.07. The van der Waals surface area contributed by atoms with Crippen molar-refractivity contribution < 1.29 is 28.5 Å². The third-order valence-corrected chi connectivity index (χ3v) is 6.07. The summed E-state index contributed by atoms with van der Waals surface area (Å²) in [6.45, 7) is 2.55. The molecule has 0 radical (unpaired) electrons. The van der Waals surface area contributed by atoms with E-state index in [9.17, 15) is 9.59 Å². The molecule has 1 N–H and O–H groups in total. The molecule has 0 saturated heterocycles. The molecule has 0 spiro atoms. The average Bonchev–Trinajstić information content (AvgIpc) is 3.38. The van der Waals surface area contributed by atoms with Crippen LogP contribution < -0.4 is 24.3 Å². The van der Waals surface area contributed by atoms with Crippen LogP contribution in [-0.2, 0) is 29.1 Å². The second-order valence-electron chi connectivity index (χ2n) is 8.45. The molecule has 3 aromatic rings. The van der Waals surface area contributed by atoms with Crippen LogP contribution in [-0.4, -0.2) is 43.8 Å². The van der Waals surface area contributed by atoms with Crippen molar-refractivity contribution in [3.8, 4) is 23.0 Å². The molecule has 1 heterocycles. The fourth-order valence-electron chi connectivity index (χ4n) is 4.02. The van der Waals surface area contributed by atoms with E-state index in [4.69, 9.17) is 18.9 Å². The van der Waals surface area contributed by atoms with Crippen molar-refractivity contribution in [1.29, 1.82) is 0 Å². The lowest BCUT2D eigenvalue weighted by molar-refractivity contribution is -0.140. The molecule has 0 bridgehead atoms. The molecule has 1 atom stereocenters. The molecule has 0 saturated carbocycles. The number of carbonyl (C=O) groups excluding carboxylic acids is 2. The number of nitrogens with one attached hydrogen (secondary N) is 1. The summed E-state index contributed by atoms with van der Waals surface area (Å²) < 4.78 is 21.4. The van der Waals surface area contributed by atoms with Crippen molar-refractivity contribution in [2.75, 3.05) is 21.0 Å². The van der Waals surface area contributed by atoms with Crippen molar-refractivity contribution in [2.24, 2.45) is 0 Å². The van der Waals surface area contributed by atoms with Gasteiger partial charge in [-0.05, 0) is 47.9 Å². The highest BCUT2D eigenvalue weighted by molar-refractivity contribution is 5.88. The summed E-state index contributed by atoms with van der Waals surface area (Å²) in [5.41, 5.74) is 2.59. The smallest absolute Gasteiger partial charge is 0.242 e. The summed E-state index contributed by atoms with van der Waals surface area (Å²) in [6, 6.07) is 19.8. The minimum Gasteiger partial charge on any atom is -0.493 e. The predicted octanol–water partition coefficient (Wildman–Crippen LogP) is 3.71. The number of ether oxygens (including phenoxy) is 4. The standard InChI is InChI=1S/C28H30N2O6/c1-19(28(32)29-16-22-10-12-24-26(14-22)36-18-35-24)30(17-20-7-5-4-6-8-20)27(31)15-21-9-11-23(33-2)25(13-21)34-3/h4-14,19H,15-18H2,1-3H3,(H,29,32)/t19-/m0/s1. The molecule has 2 amide bonds. The predicted molar refractivity (Wildman–Crippen MR) is 134 cm³/mol. The molecule has 8 heteroatoms. The van der Waals surface area contributed by atoms with Gasteiger partial charge in [-0.3, -0.25) is 9.59 Å². The van der Waals surface area contributed by atoms with Crippen LogP contribution in [0.1, 0.15) is 23.6 Å². The first-order valence-corrected chi connectivity index (χ1v) is 11.7. The summed E-state index contributed by atoms with van der Waals surface area (Å²) in [4.78, 5) is 28.2. The first kappa shape index (κ1) is 24.9. The van der Waals surface area contributed by atoms with Crippen molar-refractivity contribution >= 4 is 11.8 Å². The fourth-order valence-corrected chi connectivity index (χ4v) is 4.02. The molecule has 0 fully saturated rings. The molecule has 0 aromatic heterocycles. The van der Waals surface area contributed by atoms with Crippen LogP contribution in [0.5, 0.6) is 23.0 Å². The monoisotopic (exact) mass is 490 g/mol. The van der Waals surface area contributed by atoms with Crippen LogP contribution >= 0.6 is 0 Å². The number of rotatable bonds is 10. The SMILES string of the molecule is COc1ccc(CC(=O)N(Cc2ccccc2)[C@@H](C)C(=O)NCc2ccc3c(c2)OCO3)cc1OC. The highest BCUT2D eigenvalue weighted by Crippen LogP contribution is 2.32. The number of methoxy groups -OCH3 is 2. The maximum atomic E-state index is 13.5. The van der Waals surface area contributed by atoms with Gasteiger partial charge in [-0.15, -0.1) is 0 Å². The number of fused-ring (bicyclic) bond motifs is 1. The summed E-state index contributed by atoms with van der Waals surface area (Å²) in [7, 11) is 3.12. The van der Waals surface area contributed by atoms with Crippen LogP contribution in [0.3, 0.4) is 0 Å². The number of nitrogens with zero attached hydrogens (tertiary/aromatic N) is 1. The van der Waals surface area contributed by atoms with Crippen molar-refractivity contribution in [3.05, 3.63) is 83.4 Å². The van der Waals surface area contributed by atoms with E-state index >= 15 is 0 Å². The Bertz CT molecular complexity index is 1210. The maximum Gasteiger partial charge on any atom is 0.242 e. The van der Waals surface area contributed by atoms with E-state index in [2.05, 4.69) is 5.32 Å². The molecular weight excluding hydrogens is 460 g/mol. The summed E-state index contributed by atoms with van der Waals surface area (Å²) in [6.07, 6.45) is 0.118. The Hall–Kier alpha value is -4.20. The van der Waals surface area contributed by atoms with Crippen LogP contribution in [0.2, 0.25) is 0 Å². The quantitative estimate of drug-likeness (QED) is 0.466. The molecule has 1 aliphatic heterocycles. The lowest BCUT2D eigenvalue weighted by Crippen LogP contribution is -2.47. The molecule has 36 heavy (non-hydrogen) atoms. The minimum atomic E-state index is -0.688. The Labute approximate surface area is 210 Å². The molecule has 3 aromatic carbocycles. The first-order chi connectivity index (χ1) is 17.5. The molecule has 0 unspecified atom stereocenters. The van der Waals surface area contributed by atoms with Gasteiger partial charge >= 0.3 is 0 Å². The average molecular weight is 491 g/mol. The van der Waals surface area contributed by atoms with E-state index in [1.165, 1.54) is 0 Å². The Balaban J connectivity index is 1.47. The highest BCUT2D eigenvalue weighted by atomic mass is 16.7. The van der Waals surface area contributed by atoms with Crippen LogP contribution in [0, 0.1) is 0 Å². The largest absolute Gasteiger partial charge is 0.493 e. The number of benzene rings is 3. The number of amides is 2. The van der Waals surface area contributed by atoms with E-state index in [-0.39, 0.29) is 25.0 Å². The van der Waals surface area contributed by atoms with Crippen LogP contribution in [0.15, 0.2) is 66.7 Å². The van der Waals surface area contributed by atoms with E-state index < -0.39 is 6.04 Å².